The second-order valence-corrected chi connectivity index (χ2v) is 8.07. The number of thiophene rings is 1. The van der Waals surface area contributed by atoms with Gasteiger partial charge < -0.3 is 24.6 Å². The first kappa shape index (κ1) is 23.7. The van der Waals surface area contributed by atoms with E-state index in [9.17, 15) is 0 Å². The molecule has 1 N–H and O–H groups in total. The third kappa shape index (κ3) is 7.68. The van der Waals surface area contributed by atoms with Crippen molar-refractivity contribution in [1.82, 2.24) is 10.2 Å². The van der Waals surface area contributed by atoms with E-state index >= 15 is 0 Å². The second kappa shape index (κ2) is 13.6. The van der Waals surface area contributed by atoms with Crippen LogP contribution in [0.1, 0.15) is 26.2 Å². The number of nitrogens with one attached hydrogen (secondary N) is 1. The molecule has 0 amide bonds. The van der Waals surface area contributed by atoms with Crippen LogP contribution in [0.15, 0.2) is 22.5 Å². The Morgan fingerprint density at radius 1 is 1.29 bits per heavy atom. The summed E-state index contributed by atoms with van der Waals surface area (Å²) in [5.74, 6) is 1.73. The molecule has 0 bridgehead atoms. The van der Waals surface area contributed by atoms with Crippen molar-refractivity contribution in [3.63, 3.8) is 0 Å². The number of piperazine rings is 1. The molecule has 0 aromatic carbocycles. The first-order valence-corrected chi connectivity index (χ1v) is 11.2. The minimum Gasteiger partial charge on any atom is -0.381 e. The maximum atomic E-state index is 5.85. The fourth-order valence-corrected chi connectivity index (χ4v) is 4.31. The molecule has 2 saturated heterocycles. The van der Waals surface area contributed by atoms with E-state index in [1.54, 1.807) is 0 Å². The molecule has 0 radical (unpaired) electrons. The fraction of sp³-hybridized carbons (Fsp3) is 0.750. The molecule has 3 rings (SSSR count). The van der Waals surface area contributed by atoms with Gasteiger partial charge in [0.25, 0.3) is 0 Å². The number of aliphatic imine (C=N–C) groups is 1. The molecule has 28 heavy (non-hydrogen) atoms. The number of halogens is 1. The van der Waals surface area contributed by atoms with Crippen LogP contribution in [0, 0.1) is 5.92 Å². The van der Waals surface area contributed by atoms with Crippen LogP contribution >= 0.6 is 35.3 Å². The van der Waals surface area contributed by atoms with E-state index in [0.29, 0.717) is 5.92 Å². The number of ether oxygens (including phenoxy) is 2. The van der Waals surface area contributed by atoms with Gasteiger partial charge in [-0.3, -0.25) is 4.99 Å². The summed E-state index contributed by atoms with van der Waals surface area (Å²) in [6.45, 7) is 11.5. The zero-order valence-corrected chi connectivity index (χ0v) is 20.1. The number of nitrogens with zero attached hydrogens (tertiary/aromatic N) is 3. The van der Waals surface area contributed by atoms with Crippen LogP contribution in [0.2, 0.25) is 0 Å². The number of guanidine groups is 1. The summed E-state index contributed by atoms with van der Waals surface area (Å²) in [6, 6.07) is 4.34. The molecule has 1 aromatic rings. The minimum atomic E-state index is 0. The minimum absolute atomic E-state index is 0. The standard InChI is InChI=1S/C20H34N4O2S.HI/c1-2-21-20(22-8-4-13-26-17-18-6-14-25-15-7-18)24-11-9-23(10-12-24)19-5-3-16-27-19;/h3,5,16,18H,2,4,6-15,17H2,1H3,(H,21,22);1H. The van der Waals surface area contributed by atoms with Crippen molar-refractivity contribution in [3.8, 4) is 0 Å². The molecule has 0 atom stereocenters. The van der Waals surface area contributed by atoms with E-state index in [0.717, 1.165) is 90.9 Å². The van der Waals surface area contributed by atoms with Crippen molar-refractivity contribution in [2.45, 2.75) is 26.2 Å². The van der Waals surface area contributed by atoms with Gasteiger partial charge >= 0.3 is 0 Å². The van der Waals surface area contributed by atoms with Gasteiger partial charge in [0, 0.05) is 65.7 Å². The monoisotopic (exact) mass is 522 g/mol. The lowest BCUT2D eigenvalue weighted by Crippen LogP contribution is -2.52. The van der Waals surface area contributed by atoms with Gasteiger partial charge in [-0.05, 0) is 49.6 Å². The molecule has 2 aliphatic heterocycles. The summed E-state index contributed by atoms with van der Waals surface area (Å²) in [5.41, 5.74) is 0. The summed E-state index contributed by atoms with van der Waals surface area (Å²) in [4.78, 5) is 9.68. The topological polar surface area (TPSA) is 49.3 Å². The fourth-order valence-electron chi connectivity index (χ4n) is 3.53. The Kier molecular flexibility index (Phi) is 11.5. The average molecular weight is 522 g/mol. The Bertz CT molecular complexity index is 544. The SMILES string of the molecule is CCNC(=NCCCOCC1CCOCC1)N1CCN(c2cccs2)CC1.I. The van der Waals surface area contributed by atoms with E-state index < -0.39 is 0 Å². The summed E-state index contributed by atoms with van der Waals surface area (Å²) in [7, 11) is 0. The number of rotatable bonds is 8. The smallest absolute Gasteiger partial charge is 0.194 e. The first-order valence-electron chi connectivity index (χ1n) is 10.3. The molecular formula is C20H35IN4O2S. The Morgan fingerprint density at radius 2 is 2.07 bits per heavy atom. The molecule has 1 aromatic heterocycles. The number of anilines is 1. The van der Waals surface area contributed by atoms with Crippen LogP contribution in [0.3, 0.4) is 0 Å². The molecule has 0 unspecified atom stereocenters. The first-order chi connectivity index (χ1) is 13.4. The van der Waals surface area contributed by atoms with Crippen molar-refractivity contribution in [2.75, 3.05) is 70.6 Å². The van der Waals surface area contributed by atoms with Crippen molar-refractivity contribution in [2.24, 2.45) is 10.9 Å². The Labute approximate surface area is 190 Å². The van der Waals surface area contributed by atoms with Gasteiger partial charge in [-0.15, -0.1) is 35.3 Å². The molecule has 8 heteroatoms. The van der Waals surface area contributed by atoms with Crippen LogP contribution in [0.5, 0.6) is 0 Å². The number of hydrogen-bond acceptors (Lipinski definition) is 5. The Morgan fingerprint density at radius 3 is 2.75 bits per heavy atom. The highest BCUT2D eigenvalue weighted by Gasteiger charge is 2.20. The predicted molar refractivity (Wildman–Crippen MR) is 128 cm³/mol. The maximum absolute atomic E-state index is 5.85. The van der Waals surface area contributed by atoms with Gasteiger partial charge in [-0.2, -0.15) is 0 Å². The molecule has 0 aliphatic carbocycles. The van der Waals surface area contributed by atoms with Gasteiger partial charge in [-0.1, -0.05) is 0 Å². The molecule has 0 spiro atoms. The average Bonchev–Trinajstić information content (AvgIpc) is 3.25. The zero-order chi connectivity index (χ0) is 18.7. The van der Waals surface area contributed by atoms with Crippen molar-refractivity contribution in [3.05, 3.63) is 17.5 Å². The van der Waals surface area contributed by atoms with Crippen molar-refractivity contribution in [1.29, 1.82) is 0 Å². The quantitative estimate of drug-likeness (QED) is 0.246. The van der Waals surface area contributed by atoms with Gasteiger partial charge in [0.15, 0.2) is 5.96 Å². The largest absolute Gasteiger partial charge is 0.381 e. The molecule has 6 nitrogen and oxygen atoms in total. The third-order valence-corrected chi connectivity index (χ3v) is 6.06. The van der Waals surface area contributed by atoms with Crippen LogP contribution < -0.4 is 10.2 Å². The second-order valence-electron chi connectivity index (χ2n) is 7.15. The zero-order valence-electron chi connectivity index (χ0n) is 17.0. The van der Waals surface area contributed by atoms with E-state index in [4.69, 9.17) is 14.5 Å². The molecule has 2 fully saturated rings. The van der Waals surface area contributed by atoms with E-state index in [2.05, 4.69) is 39.6 Å². The van der Waals surface area contributed by atoms with Gasteiger partial charge in [-0.25, -0.2) is 0 Å². The summed E-state index contributed by atoms with van der Waals surface area (Å²) < 4.78 is 11.2. The van der Waals surface area contributed by atoms with E-state index in [-0.39, 0.29) is 24.0 Å². The van der Waals surface area contributed by atoms with Gasteiger partial charge in [0.2, 0.25) is 0 Å². The van der Waals surface area contributed by atoms with Gasteiger partial charge in [0.1, 0.15) is 0 Å². The Balaban J connectivity index is 0.00000280. The van der Waals surface area contributed by atoms with E-state index in [1.165, 1.54) is 5.00 Å². The van der Waals surface area contributed by atoms with Crippen molar-refractivity contribution >= 4 is 46.3 Å². The lowest BCUT2D eigenvalue weighted by molar-refractivity contribution is 0.0205. The molecule has 0 saturated carbocycles. The van der Waals surface area contributed by atoms with Gasteiger partial charge in [0.05, 0.1) is 5.00 Å². The summed E-state index contributed by atoms with van der Waals surface area (Å²) in [5, 5.41) is 6.97. The lowest BCUT2D eigenvalue weighted by atomic mass is 10.0. The Hall–Kier alpha value is -0.580. The molecule has 160 valence electrons. The molecule has 3 heterocycles. The maximum Gasteiger partial charge on any atom is 0.194 e. The summed E-state index contributed by atoms with van der Waals surface area (Å²) in [6.07, 6.45) is 3.26. The highest BCUT2D eigenvalue weighted by molar-refractivity contribution is 14.0. The predicted octanol–water partition coefficient (Wildman–Crippen LogP) is 3.29. The van der Waals surface area contributed by atoms with Crippen LogP contribution in [-0.2, 0) is 9.47 Å². The van der Waals surface area contributed by atoms with E-state index in [1.807, 2.05) is 11.3 Å². The molecule has 2 aliphatic rings. The van der Waals surface area contributed by atoms with Crippen LogP contribution in [0.25, 0.3) is 0 Å². The summed E-state index contributed by atoms with van der Waals surface area (Å²) >= 11 is 1.82. The van der Waals surface area contributed by atoms with Crippen molar-refractivity contribution < 1.29 is 9.47 Å². The third-order valence-electron chi connectivity index (χ3n) is 5.13. The highest BCUT2D eigenvalue weighted by atomic mass is 127. The number of hydrogen-bond donors (Lipinski definition) is 1. The van der Waals surface area contributed by atoms with Crippen LogP contribution in [-0.4, -0.2) is 76.6 Å². The highest BCUT2D eigenvalue weighted by Crippen LogP contribution is 2.22. The van der Waals surface area contributed by atoms with Crippen LogP contribution in [0.4, 0.5) is 5.00 Å². The lowest BCUT2D eigenvalue weighted by Gasteiger charge is -2.37. The molecular weight excluding hydrogens is 487 g/mol. The normalized spacial score (nSPS) is 18.8.